The molecule has 190 valence electrons. The van der Waals surface area contributed by atoms with Crippen LogP contribution in [0, 0.1) is 0 Å². The number of hydrogen-bond acceptors (Lipinski definition) is 3. The molecule has 2 aromatic rings. The molecule has 35 heavy (non-hydrogen) atoms. The Balaban J connectivity index is 2.39. The van der Waals surface area contributed by atoms with Crippen LogP contribution in [0.5, 0.6) is 5.75 Å². The van der Waals surface area contributed by atoms with E-state index in [-0.39, 0.29) is 5.57 Å². The molecule has 0 aliphatic carbocycles. The quantitative estimate of drug-likeness (QED) is 0.0527. The summed E-state index contributed by atoms with van der Waals surface area (Å²) < 4.78 is 31.3. The van der Waals surface area contributed by atoms with E-state index in [0.717, 1.165) is 0 Å². The molecule has 2 rings (SSSR count). The molecule has 0 aromatic heterocycles. The first-order chi connectivity index (χ1) is 17.0. The Morgan fingerprint density at radius 1 is 0.886 bits per heavy atom. The Kier molecular flexibility index (Phi) is 13.2. The van der Waals surface area contributed by atoms with E-state index < -0.39 is 30.2 Å². The number of carbonyl (C=O) groups is 1. The van der Waals surface area contributed by atoms with Crippen LogP contribution in [0.3, 0.4) is 0 Å². The third-order valence-corrected chi connectivity index (χ3v) is 22.1. The predicted molar refractivity (Wildman–Crippen MR) is 147 cm³/mol. The van der Waals surface area contributed by atoms with Crippen molar-refractivity contribution in [1.29, 1.82) is 0 Å². The third-order valence-electron chi connectivity index (χ3n) is 6.49. The van der Waals surface area contributed by atoms with E-state index in [0.29, 0.717) is 11.3 Å². The minimum atomic E-state index is -2.69. The van der Waals surface area contributed by atoms with Crippen LogP contribution in [0.25, 0.3) is 5.83 Å². The van der Waals surface area contributed by atoms with Gasteiger partial charge in [-0.2, -0.15) is 0 Å². The Morgan fingerprint density at radius 3 is 2.03 bits per heavy atom. The summed E-state index contributed by atoms with van der Waals surface area (Å²) in [6.07, 6.45) is 9.77. The van der Waals surface area contributed by atoms with E-state index in [2.05, 4.69) is 32.9 Å². The average molecular weight is 587 g/mol. The second kappa shape index (κ2) is 15.8. The molecular weight excluding hydrogens is 546 g/mol. The average Bonchev–Trinajstić information content (AvgIpc) is 2.89. The van der Waals surface area contributed by atoms with Crippen LogP contribution in [0.2, 0.25) is 13.3 Å². The number of unbranched alkanes of at least 4 members (excludes halogenated alkanes) is 3. The van der Waals surface area contributed by atoms with E-state index in [1.165, 1.54) is 74.9 Å². The molecular formula is C30H41FO3Sn. The SMILES string of the molecule is CCC[CH2][Sn]([CH2]CCC)([CH2]CCC)[c]1cccc(C(F)=CC(=COC)C(=O)Oc2ccccc2)c1. The van der Waals surface area contributed by atoms with Gasteiger partial charge in [-0.15, -0.1) is 0 Å². The Labute approximate surface area is 215 Å². The van der Waals surface area contributed by atoms with Crippen molar-refractivity contribution in [2.45, 2.75) is 72.6 Å². The van der Waals surface area contributed by atoms with Gasteiger partial charge in [-0.1, -0.05) is 0 Å². The summed E-state index contributed by atoms with van der Waals surface area (Å²) in [5, 5.41) is 0. The summed E-state index contributed by atoms with van der Waals surface area (Å²) in [6.45, 7) is 6.77. The Bertz CT molecular complexity index is 947. The number of carbonyl (C=O) groups excluding carboxylic acids is 1. The van der Waals surface area contributed by atoms with Crippen molar-refractivity contribution in [3.05, 3.63) is 78.1 Å². The number of esters is 1. The fraction of sp³-hybridized carbons (Fsp3) is 0.433. The second-order valence-electron chi connectivity index (χ2n) is 9.18. The van der Waals surface area contributed by atoms with Gasteiger partial charge in [0.2, 0.25) is 0 Å². The number of hydrogen-bond donors (Lipinski definition) is 0. The molecule has 0 aliphatic rings. The zero-order valence-electron chi connectivity index (χ0n) is 21.8. The maximum absolute atomic E-state index is 15.5. The van der Waals surface area contributed by atoms with Crippen LogP contribution in [0.1, 0.15) is 64.9 Å². The van der Waals surface area contributed by atoms with Crippen molar-refractivity contribution in [2.24, 2.45) is 0 Å². The first-order valence-electron chi connectivity index (χ1n) is 13.0. The van der Waals surface area contributed by atoms with Gasteiger partial charge in [-0.3, -0.25) is 0 Å². The Hall–Kier alpha value is -2.08. The van der Waals surface area contributed by atoms with Crippen LogP contribution in [0.15, 0.2) is 72.5 Å². The summed E-state index contributed by atoms with van der Waals surface area (Å²) in [7, 11) is 1.43. The van der Waals surface area contributed by atoms with Gasteiger partial charge in [0.15, 0.2) is 0 Å². The van der Waals surface area contributed by atoms with E-state index in [1.54, 1.807) is 30.3 Å². The van der Waals surface area contributed by atoms with Gasteiger partial charge in [0.1, 0.15) is 0 Å². The topological polar surface area (TPSA) is 35.5 Å². The van der Waals surface area contributed by atoms with Crippen molar-refractivity contribution < 1.29 is 18.7 Å². The number of rotatable bonds is 15. The summed E-state index contributed by atoms with van der Waals surface area (Å²) in [5.74, 6) is -0.717. The van der Waals surface area contributed by atoms with E-state index in [1.807, 2.05) is 12.1 Å². The van der Waals surface area contributed by atoms with Gasteiger partial charge in [-0.05, 0) is 0 Å². The molecule has 0 unspecified atom stereocenters. The first-order valence-corrected chi connectivity index (χ1v) is 20.5. The van der Waals surface area contributed by atoms with Crippen LogP contribution in [-0.2, 0) is 9.53 Å². The number of methoxy groups -OCH3 is 1. The first kappa shape index (κ1) is 29.2. The molecule has 0 aliphatic heterocycles. The van der Waals surface area contributed by atoms with Crippen LogP contribution >= 0.6 is 0 Å². The molecule has 0 saturated heterocycles. The zero-order valence-corrected chi connectivity index (χ0v) is 24.7. The van der Waals surface area contributed by atoms with E-state index >= 15 is 4.39 Å². The number of ether oxygens (including phenoxy) is 2. The van der Waals surface area contributed by atoms with Crippen molar-refractivity contribution in [3.8, 4) is 5.75 Å². The maximum atomic E-state index is 15.5. The van der Waals surface area contributed by atoms with Crippen LogP contribution in [-0.4, -0.2) is 31.5 Å². The molecule has 0 heterocycles. The van der Waals surface area contributed by atoms with Gasteiger partial charge in [0, 0.05) is 0 Å². The molecule has 0 atom stereocenters. The molecule has 5 heteroatoms. The minimum absolute atomic E-state index is 0.0250. The van der Waals surface area contributed by atoms with Gasteiger partial charge < -0.3 is 0 Å². The standard InChI is InChI=1S/C18H14FO3.3C4H9.Sn/c1-21-13-15(12-17(19)14-8-4-2-5-9-14)18(20)22-16-10-6-3-7-11-16;3*1-3-4-2;/h2-4,6-13H,1H3;3*1,3-4H2,2H3;. The normalized spacial score (nSPS) is 12.5. The number of halogens is 1. The van der Waals surface area contributed by atoms with Crippen LogP contribution < -0.4 is 8.32 Å². The fourth-order valence-electron chi connectivity index (χ4n) is 4.49. The number of benzene rings is 2. The molecule has 0 radical (unpaired) electrons. The van der Waals surface area contributed by atoms with E-state index in [9.17, 15) is 4.79 Å². The molecule has 0 bridgehead atoms. The number of para-hydroxylation sites is 1. The molecule has 0 amide bonds. The molecule has 0 fully saturated rings. The van der Waals surface area contributed by atoms with Gasteiger partial charge in [0.25, 0.3) is 0 Å². The molecule has 0 N–H and O–H groups in total. The summed E-state index contributed by atoms with van der Waals surface area (Å²) in [6, 6.07) is 16.8. The third kappa shape index (κ3) is 9.14. The second-order valence-corrected chi connectivity index (χ2v) is 22.4. The van der Waals surface area contributed by atoms with Crippen LogP contribution in [0.4, 0.5) is 4.39 Å². The monoisotopic (exact) mass is 588 g/mol. The molecule has 3 nitrogen and oxygen atoms in total. The van der Waals surface area contributed by atoms with Crippen molar-refractivity contribution in [1.82, 2.24) is 0 Å². The van der Waals surface area contributed by atoms with Crippen molar-refractivity contribution in [2.75, 3.05) is 7.11 Å². The molecule has 0 saturated carbocycles. The van der Waals surface area contributed by atoms with Gasteiger partial charge >= 0.3 is 216 Å². The van der Waals surface area contributed by atoms with Crippen molar-refractivity contribution >= 4 is 33.8 Å². The Morgan fingerprint density at radius 2 is 1.49 bits per heavy atom. The molecule has 0 spiro atoms. The van der Waals surface area contributed by atoms with Gasteiger partial charge in [-0.25, -0.2) is 0 Å². The summed E-state index contributed by atoms with van der Waals surface area (Å²) >= 11 is -2.69. The summed E-state index contributed by atoms with van der Waals surface area (Å²) in [4.78, 5) is 12.7. The fourth-order valence-corrected chi connectivity index (χ4v) is 20.5. The zero-order chi connectivity index (χ0) is 25.5. The summed E-state index contributed by atoms with van der Waals surface area (Å²) in [5.41, 5.74) is 0.541. The predicted octanol–water partition coefficient (Wildman–Crippen LogP) is 8.19. The molecule has 2 aromatic carbocycles. The van der Waals surface area contributed by atoms with E-state index in [4.69, 9.17) is 9.47 Å². The van der Waals surface area contributed by atoms with Crippen molar-refractivity contribution in [3.63, 3.8) is 0 Å². The van der Waals surface area contributed by atoms with Gasteiger partial charge in [0.05, 0.1) is 0 Å².